The molecule has 1 aromatic heterocycles. The number of imidazole rings is 1. The maximum atomic E-state index is 13.1. The van der Waals surface area contributed by atoms with Crippen LogP contribution in [0.4, 0.5) is 4.39 Å². The zero-order chi connectivity index (χ0) is 15.5. The highest BCUT2D eigenvalue weighted by molar-refractivity contribution is 5.28. The number of hydrazine groups is 1. The first kappa shape index (κ1) is 15.7. The molecular formula is C16H23FN4. The van der Waals surface area contributed by atoms with Gasteiger partial charge >= 0.3 is 0 Å². The van der Waals surface area contributed by atoms with E-state index in [0.29, 0.717) is 0 Å². The lowest BCUT2D eigenvalue weighted by Crippen LogP contribution is -2.42. The summed E-state index contributed by atoms with van der Waals surface area (Å²) in [5.41, 5.74) is 3.57. The van der Waals surface area contributed by atoms with Gasteiger partial charge in [0.15, 0.2) is 0 Å². The van der Waals surface area contributed by atoms with Gasteiger partial charge in [0.2, 0.25) is 0 Å². The molecular weight excluding hydrogens is 267 g/mol. The molecule has 0 fully saturated rings. The molecule has 3 N–H and O–H groups in total. The lowest BCUT2D eigenvalue weighted by Gasteiger charge is -2.34. The third-order valence-electron chi connectivity index (χ3n) is 3.95. The average Bonchev–Trinajstić information content (AvgIpc) is 2.88. The van der Waals surface area contributed by atoms with E-state index in [1.54, 1.807) is 18.3 Å². The van der Waals surface area contributed by atoms with Crippen LogP contribution in [0.3, 0.4) is 0 Å². The van der Waals surface area contributed by atoms with E-state index in [0.717, 1.165) is 24.4 Å². The fourth-order valence-corrected chi connectivity index (χ4v) is 2.66. The highest BCUT2D eigenvalue weighted by Crippen LogP contribution is 2.35. The van der Waals surface area contributed by atoms with Crippen molar-refractivity contribution in [3.63, 3.8) is 0 Å². The number of nitrogens with one attached hydrogen (secondary N) is 1. The smallest absolute Gasteiger partial charge is 0.128 e. The molecule has 0 saturated carbocycles. The van der Waals surface area contributed by atoms with E-state index in [-0.39, 0.29) is 17.3 Å². The Morgan fingerprint density at radius 1 is 1.33 bits per heavy atom. The van der Waals surface area contributed by atoms with Crippen LogP contribution >= 0.6 is 0 Å². The van der Waals surface area contributed by atoms with Crippen LogP contribution in [0.15, 0.2) is 36.7 Å². The van der Waals surface area contributed by atoms with Crippen molar-refractivity contribution in [2.24, 2.45) is 5.84 Å². The normalized spacial score (nSPS) is 13.4. The molecule has 1 heterocycles. The van der Waals surface area contributed by atoms with Crippen LogP contribution in [0.1, 0.15) is 44.6 Å². The third-order valence-corrected chi connectivity index (χ3v) is 3.95. The molecule has 1 atom stereocenters. The molecule has 0 saturated heterocycles. The summed E-state index contributed by atoms with van der Waals surface area (Å²) in [5, 5.41) is 0. The number of nitrogens with two attached hydrogens (primary N) is 1. The first-order chi connectivity index (χ1) is 10.0. The van der Waals surface area contributed by atoms with Crippen molar-refractivity contribution in [1.82, 2.24) is 15.0 Å². The van der Waals surface area contributed by atoms with Crippen LogP contribution in [0.25, 0.3) is 0 Å². The molecule has 0 amide bonds. The Morgan fingerprint density at radius 2 is 2.00 bits per heavy atom. The van der Waals surface area contributed by atoms with Crippen LogP contribution in [0, 0.1) is 5.82 Å². The van der Waals surface area contributed by atoms with Gasteiger partial charge in [0.05, 0.1) is 6.04 Å². The van der Waals surface area contributed by atoms with Gasteiger partial charge in [0.1, 0.15) is 11.6 Å². The summed E-state index contributed by atoms with van der Waals surface area (Å²) in [4.78, 5) is 4.46. The van der Waals surface area contributed by atoms with Crippen LogP contribution in [-0.2, 0) is 12.0 Å². The van der Waals surface area contributed by atoms with E-state index in [1.165, 1.54) is 12.1 Å². The lowest BCUT2D eigenvalue weighted by molar-refractivity contribution is 0.327. The molecule has 2 rings (SSSR count). The Morgan fingerprint density at radius 3 is 2.57 bits per heavy atom. The molecule has 21 heavy (non-hydrogen) atoms. The van der Waals surface area contributed by atoms with Gasteiger partial charge in [-0.05, 0) is 24.1 Å². The van der Waals surface area contributed by atoms with Crippen molar-refractivity contribution in [1.29, 1.82) is 0 Å². The van der Waals surface area contributed by atoms with Crippen LogP contribution in [0.2, 0.25) is 0 Å². The van der Waals surface area contributed by atoms with Gasteiger partial charge in [-0.3, -0.25) is 5.84 Å². The average molecular weight is 290 g/mol. The molecule has 1 unspecified atom stereocenters. The zero-order valence-electron chi connectivity index (χ0n) is 12.8. The predicted octanol–water partition coefficient (Wildman–Crippen LogP) is 2.91. The highest BCUT2D eigenvalue weighted by Gasteiger charge is 2.34. The standard InChI is InChI=1S/C16H23FN4/c1-4-10-21-11-9-19-15(21)14(20-18)16(2,3)12-5-7-13(17)8-6-12/h5-9,11,14,20H,4,10,18H2,1-3H3. The fourth-order valence-electron chi connectivity index (χ4n) is 2.66. The maximum Gasteiger partial charge on any atom is 0.128 e. The highest BCUT2D eigenvalue weighted by atomic mass is 19.1. The third kappa shape index (κ3) is 3.14. The van der Waals surface area contributed by atoms with Crippen molar-refractivity contribution in [3.05, 3.63) is 53.9 Å². The fraction of sp³-hybridized carbons (Fsp3) is 0.438. The first-order valence-corrected chi connectivity index (χ1v) is 7.24. The van der Waals surface area contributed by atoms with Crippen molar-refractivity contribution in [3.8, 4) is 0 Å². The maximum absolute atomic E-state index is 13.1. The number of nitrogens with zero attached hydrogens (tertiary/aromatic N) is 2. The second-order valence-corrected chi connectivity index (χ2v) is 5.81. The van der Waals surface area contributed by atoms with Gasteiger partial charge in [-0.25, -0.2) is 14.8 Å². The summed E-state index contributed by atoms with van der Waals surface area (Å²) >= 11 is 0. The van der Waals surface area contributed by atoms with E-state index < -0.39 is 0 Å². The van der Waals surface area contributed by atoms with E-state index in [9.17, 15) is 4.39 Å². The number of halogens is 1. The summed E-state index contributed by atoms with van der Waals surface area (Å²) in [6.45, 7) is 7.18. The summed E-state index contributed by atoms with van der Waals surface area (Å²) in [7, 11) is 0. The lowest BCUT2D eigenvalue weighted by atomic mass is 9.77. The summed E-state index contributed by atoms with van der Waals surface area (Å²) in [6.07, 6.45) is 4.78. The van der Waals surface area contributed by atoms with Crippen molar-refractivity contribution in [2.45, 2.75) is 45.2 Å². The largest absolute Gasteiger partial charge is 0.334 e. The molecule has 2 aromatic rings. The Labute approximate surface area is 125 Å². The van der Waals surface area contributed by atoms with Crippen molar-refractivity contribution in [2.75, 3.05) is 0 Å². The SMILES string of the molecule is CCCn1ccnc1C(NN)C(C)(C)c1ccc(F)cc1. The molecule has 0 bridgehead atoms. The van der Waals surface area contributed by atoms with E-state index in [2.05, 4.69) is 35.7 Å². The molecule has 0 aliphatic rings. The molecule has 1 aromatic carbocycles. The minimum Gasteiger partial charge on any atom is -0.334 e. The Balaban J connectivity index is 2.39. The monoisotopic (exact) mass is 290 g/mol. The van der Waals surface area contributed by atoms with Gasteiger partial charge < -0.3 is 4.57 Å². The van der Waals surface area contributed by atoms with Gasteiger partial charge in [-0.2, -0.15) is 0 Å². The number of benzene rings is 1. The Kier molecular flexibility index (Phi) is 4.75. The minimum absolute atomic E-state index is 0.162. The second kappa shape index (κ2) is 6.37. The number of hydrogen-bond donors (Lipinski definition) is 2. The molecule has 0 spiro atoms. The van der Waals surface area contributed by atoms with E-state index in [1.807, 2.05) is 6.20 Å². The predicted molar refractivity (Wildman–Crippen MR) is 82.0 cm³/mol. The van der Waals surface area contributed by atoms with Gasteiger partial charge in [0.25, 0.3) is 0 Å². The number of aromatic nitrogens is 2. The summed E-state index contributed by atoms with van der Waals surface area (Å²) in [6, 6.07) is 6.39. The van der Waals surface area contributed by atoms with Crippen LogP contribution in [-0.4, -0.2) is 9.55 Å². The molecule has 0 radical (unpaired) electrons. The van der Waals surface area contributed by atoms with Gasteiger partial charge in [-0.15, -0.1) is 0 Å². The van der Waals surface area contributed by atoms with E-state index >= 15 is 0 Å². The van der Waals surface area contributed by atoms with Crippen LogP contribution in [0.5, 0.6) is 0 Å². The molecule has 0 aliphatic heterocycles. The first-order valence-electron chi connectivity index (χ1n) is 7.24. The quantitative estimate of drug-likeness (QED) is 0.635. The van der Waals surface area contributed by atoms with Crippen LogP contribution < -0.4 is 11.3 Å². The van der Waals surface area contributed by atoms with E-state index in [4.69, 9.17) is 5.84 Å². The number of rotatable bonds is 6. The molecule has 4 nitrogen and oxygen atoms in total. The zero-order valence-corrected chi connectivity index (χ0v) is 12.8. The number of aryl methyl sites for hydroxylation is 1. The van der Waals surface area contributed by atoms with Gasteiger partial charge in [0, 0.05) is 24.4 Å². The Bertz CT molecular complexity index is 574. The summed E-state index contributed by atoms with van der Waals surface area (Å²) < 4.78 is 15.2. The second-order valence-electron chi connectivity index (χ2n) is 5.81. The topological polar surface area (TPSA) is 55.9 Å². The number of hydrogen-bond acceptors (Lipinski definition) is 3. The molecule has 5 heteroatoms. The molecule has 0 aliphatic carbocycles. The Hall–Kier alpha value is -1.72. The van der Waals surface area contributed by atoms with Crippen molar-refractivity contribution < 1.29 is 4.39 Å². The van der Waals surface area contributed by atoms with Gasteiger partial charge in [-0.1, -0.05) is 32.9 Å². The minimum atomic E-state index is -0.320. The summed E-state index contributed by atoms with van der Waals surface area (Å²) in [5.74, 6) is 6.47. The molecule has 114 valence electrons. The van der Waals surface area contributed by atoms with Crippen molar-refractivity contribution >= 4 is 0 Å².